The second kappa shape index (κ2) is 5.33. The third-order valence-corrected chi connectivity index (χ3v) is 2.76. The van der Waals surface area contributed by atoms with E-state index in [1.165, 1.54) is 11.8 Å². The van der Waals surface area contributed by atoms with Crippen LogP contribution in [0.1, 0.15) is 6.92 Å². The van der Waals surface area contributed by atoms with E-state index in [2.05, 4.69) is 15.0 Å². The van der Waals surface area contributed by atoms with E-state index in [-0.39, 0.29) is 23.8 Å². The van der Waals surface area contributed by atoms with Gasteiger partial charge in [0.2, 0.25) is 11.2 Å². The maximum Gasteiger partial charge on any atom is 0.228 e. The van der Waals surface area contributed by atoms with Crippen LogP contribution in [0, 0.1) is 5.92 Å². The molecule has 1 heterocycles. The van der Waals surface area contributed by atoms with Crippen molar-refractivity contribution in [2.24, 2.45) is 5.92 Å². The molecule has 0 aliphatic heterocycles. The summed E-state index contributed by atoms with van der Waals surface area (Å²) in [6.45, 7) is 2.07. The molecule has 1 aromatic heterocycles. The lowest BCUT2D eigenvalue weighted by Crippen LogP contribution is -2.05. The summed E-state index contributed by atoms with van der Waals surface area (Å²) in [5.41, 5.74) is 5.39. The number of nitrogens with two attached hydrogens (primary N) is 1. The van der Waals surface area contributed by atoms with E-state index >= 15 is 0 Å². The molecule has 78 valence electrons. The van der Waals surface area contributed by atoms with E-state index in [0.29, 0.717) is 5.16 Å². The second-order valence-corrected chi connectivity index (χ2v) is 4.17. The van der Waals surface area contributed by atoms with Crippen LogP contribution in [-0.2, 0) is 0 Å². The monoisotopic (exact) mass is 234 g/mol. The smallest absolute Gasteiger partial charge is 0.228 e. The van der Waals surface area contributed by atoms with Gasteiger partial charge in [-0.2, -0.15) is 15.0 Å². The van der Waals surface area contributed by atoms with Crippen LogP contribution in [0.2, 0.25) is 5.28 Å². The first-order chi connectivity index (χ1) is 6.61. The molecule has 14 heavy (non-hydrogen) atoms. The first-order valence-electron chi connectivity index (χ1n) is 4.02. The van der Waals surface area contributed by atoms with Crippen molar-refractivity contribution < 1.29 is 5.11 Å². The van der Waals surface area contributed by atoms with Crippen molar-refractivity contribution in [2.45, 2.75) is 12.1 Å². The summed E-state index contributed by atoms with van der Waals surface area (Å²) in [7, 11) is 0. The van der Waals surface area contributed by atoms with Crippen LogP contribution >= 0.6 is 23.4 Å². The fourth-order valence-corrected chi connectivity index (χ4v) is 1.75. The van der Waals surface area contributed by atoms with Crippen LogP contribution in [0.15, 0.2) is 5.16 Å². The zero-order chi connectivity index (χ0) is 10.6. The maximum atomic E-state index is 8.80. The summed E-state index contributed by atoms with van der Waals surface area (Å²) in [6.07, 6.45) is 0. The summed E-state index contributed by atoms with van der Waals surface area (Å²) >= 11 is 6.99. The van der Waals surface area contributed by atoms with Crippen molar-refractivity contribution in [3.05, 3.63) is 5.28 Å². The molecule has 0 saturated carbocycles. The first kappa shape index (κ1) is 11.5. The van der Waals surface area contributed by atoms with E-state index in [1.54, 1.807) is 0 Å². The molecular formula is C7H11ClN4OS. The number of hydrogen-bond donors (Lipinski definition) is 2. The Labute approximate surface area is 91.1 Å². The van der Waals surface area contributed by atoms with Gasteiger partial charge in [-0.15, -0.1) is 0 Å². The van der Waals surface area contributed by atoms with Crippen molar-refractivity contribution in [2.75, 3.05) is 18.1 Å². The molecule has 0 saturated heterocycles. The molecule has 1 atom stereocenters. The molecule has 0 aliphatic carbocycles. The van der Waals surface area contributed by atoms with Crippen LogP contribution in [0.25, 0.3) is 0 Å². The van der Waals surface area contributed by atoms with E-state index < -0.39 is 0 Å². The van der Waals surface area contributed by atoms with Gasteiger partial charge in [0.15, 0.2) is 5.16 Å². The number of rotatable bonds is 4. The molecule has 7 heteroatoms. The molecule has 0 aliphatic rings. The molecule has 3 N–H and O–H groups in total. The Bertz CT molecular complexity index is 291. The largest absolute Gasteiger partial charge is 0.396 e. The lowest BCUT2D eigenvalue weighted by Gasteiger charge is -2.05. The van der Waals surface area contributed by atoms with E-state index in [4.69, 9.17) is 22.4 Å². The molecule has 0 aromatic carbocycles. The number of hydrogen-bond acceptors (Lipinski definition) is 6. The van der Waals surface area contributed by atoms with Gasteiger partial charge in [0, 0.05) is 12.4 Å². The number of nitrogens with zero attached hydrogens (tertiary/aromatic N) is 3. The quantitative estimate of drug-likeness (QED) is 0.751. The Balaban J connectivity index is 2.58. The van der Waals surface area contributed by atoms with Gasteiger partial charge in [-0.3, -0.25) is 0 Å². The molecule has 0 spiro atoms. The van der Waals surface area contributed by atoms with Crippen molar-refractivity contribution in [1.82, 2.24) is 15.0 Å². The molecule has 0 radical (unpaired) electrons. The third-order valence-electron chi connectivity index (χ3n) is 1.41. The average Bonchev–Trinajstić information content (AvgIpc) is 2.12. The Hall–Kier alpha value is -0.590. The molecule has 1 unspecified atom stereocenters. The molecular weight excluding hydrogens is 224 g/mol. The fourth-order valence-electron chi connectivity index (χ4n) is 0.680. The minimum Gasteiger partial charge on any atom is -0.396 e. The first-order valence-corrected chi connectivity index (χ1v) is 5.39. The summed E-state index contributed by atoms with van der Waals surface area (Å²) in [5, 5.41) is 9.39. The zero-order valence-corrected chi connectivity index (χ0v) is 9.22. The summed E-state index contributed by atoms with van der Waals surface area (Å²) < 4.78 is 0. The van der Waals surface area contributed by atoms with E-state index in [9.17, 15) is 0 Å². The van der Waals surface area contributed by atoms with Gasteiger partial charge < -0.3 is 10.8 Å². The van der Waals surface area contributed by atoms with Gasteiger partial charge in [-0.25, -0.2) is 0 Å². The number of halogens is 1. The molecule has 5 nitrogen and oxygen atoms in total. The van der Waals surface area contributed by atoms with Crippen LogP contribution < -0.4 is 5.73 Å². The molecule has 0 amide bonds. The van der Waals surface area contributed by atoms with Gasteiger partial charge in [-0.1, -0.05) is 18.7 Å². The lowest BCUT2D eigenvalue weighted by molar-refractivity contribution is 0.250. The number of nitrogen functional groups attached to an aromatic ring is 1. The highest BCUT2D eigenvalue weighted by Crippen LogP contribution is 2.18. The highest BCUT2D eigenvalue weighted by molar-refractivity contribution is 7.99. The van der Waals surface area contributed by atoms with Crippen LogP contribution in [-0.4, -0.2) is 32.4 Å². The minimum absolute atomic E-state index is 0.0941. The molecule has 0 bridgehead atoms. The third kappa shape index (κ3) is 3.65. The standard InChI is InChI=1S/C7H11ClN4OS/c1-4(2-13)3-14-7-11-5(8)10-6(9)12-7/h4,13H,2-3H2,1H3,(H2,9,10,11,12). The van der Waals surface area contributed by atoms with E-state index in [0.717, 1.165) is 5.75 Å². The molecule has 1 aromatic rings. The van der Waals surface area contributed by atoms with Crippen molar-refractivity contribution in [3.8, 4) is 0 Å². The van der Waals surface area contributed by atoms with Crippen LogP contribution in [0.5, 0.6) is 0 Å². The van der Waals surface area contributed by atoms with Gasteiger partial charge in [-0.05, 0) is 17.5 Å². The maximum absolute atomic E-state index is 8.80. The number of aliphatic hydroxyl groups excluding tert-OH is 1. The van der Waals surface area contributed by atoms with Gasteiger partial charge >= 0.3 is 0 Å². The number of thioether (sulfide) groups is 1. The van der Waals surface area contributed by atoms with Gasteiger partial charge in [0.1, 0.15) is 0 Å². The normalized spacial score (nSPS) is 12.8. The lowest BCUT2D eigenvalue weighted by atomic mass is 10.2. The average molecular weight is 235 g/mol. The zero-order valence-electron chi connectivity index (χ0n) is 7.64. The number of aliphatic hydroxyl groups is 1. The number of aromatic nitrogens is 3. The van der Waals surface area contributed by atoms with Gasteiger partial charge in [0.05, 0.1) is 0 Å². The minimum atomic E-state index is 0.0941. The summed E-state index contributed by atoms with van der Waals surface area (Å²) in [6, 6.07) is 0. The summed E-state index contributed by atoms with van der Waals surface area (Å²) in [5.74, 6) is 1.02. The van der Waals surface area contributed by atoms with Crippen molar-refractivity contribution in [1.29, 1.82) is 0 Å². The molecule has 1 rings (SSSR count). The number of anilines is 1. The Kier molecular flexibility index (Phi) is 4.37. The van der Waals surface area contributed by atoms with Crippen LogP contribution in [0.4, 0.5) is 5.95 Å². The SMILES string of the molecule is CC(CO)CSc1nc(N)nc(Cl)n1. The molecule has 0 fully saturated rings. The highest BCUT2D eigenvalue weighted by Gasteiger charge is 2.06. The highest BCUT2D eigenvalue weighted by atomic mass is 35.5. The fraction of sp³-hybridized carbons (Fsp3) is 0.571. The summed E-state index contributed by atoms with van der Waals surface area (Å²) in [4.78, 5) is 11.4. The van der Waals surface area contributed by atoms with Crippen molar-refractivity contribution in [3.63, 3.8) is 0 Å². The Morgan fingerprint density at radius 2 is 2.21 bits per heavy atom. The predicted octanol–water partition coefficient (Wildman–Crippen LogP) is 0.828. The van der Waals surface area contributed by atoms with Crippen molar-refractivity contribution >= 4 is 29.3 Å². The second-order valence-electron chi connectivity index (χ2n) is 2.84. The van der Waals surface area contributed by atoms with E-state index in [1.807, 2.05) is 6.92 Å². The Morgan fingerprint density at radius 1 is 1.50 bits per heavy atom. The van der Waals surface area contributed by atoms with Gasteiger partial charge in [0.25, 0.3) is 0 Å². The topological polar surface area (TPSA) is 84.9 Å². The predicted molar refractivity (Wildman–Crippen MR) is 56.2 cm³/mol. The Morgan fingerprint density at radius 3 is 2.79 bits per heavy atom. The van der Waals surface area contributed by atoms with Crippen LogP contribution in [0.3, 0.4) is 0 Å².